The number of aliphatic hydroxyl groups is 1. The molecule has 8 nitrogen and oxygen atoms in total. The third-order valence-corrected chi connectivity index (χ3v) is 3.84. The molecule has 0 aromatic heterocycles. The van der Waals surface area contributed by atoms with Gasteiger partial charge in [-0.15, -0.1) is 0 Å². The summed E-state index contributed by atoms with van der Waals surface area (Å²) < 4.78 is 0. The zero-order valence-corrected chi connectivity index (χ0v) is 12.5. The molecule has 0 bridgehead atoms. The Morgan fingerprint density at radius 2 is 2.09 bits per heavy atom. The number of anilines is 2. The van der Waals surface area contributed by atoms with Crippen LogP contribution in [0.15, 0.2) is 30.0 Å². The zero-order chi connectivity index (χ0) is 16.6. The van der Waals surface area contributed by atoms with Gasteiger partial charge in [-0.25, -0.2) is 4.79 Å². The average Bonchev–Trinajstić information content (AvgIpc) is 2.79. The highest BCUT2D eigenvalue weighted by molar-refractivity contribution is 6.17. The van der Waals surface area contributed by atoms with E-state index < -0.39 is 11.8 Å². The Morgan fingerprint density at radius 1 is 1.30 bits per heavy atom. The van der Waals surface area contributed by atoms with E-state index in [4.69, 9.17) is 5.11 Å². The Kier molecular flexibility index (Phi) is 3.75. The second-order valence-corrected chi connectivity index (χ2v) is 5.22. The molecular weight excluding hydrogens is 300 g/mol. The summed E-state index contributed by atoms with van der Waals surface area (Å²) >= 11 is 0. The quantitative estimate of drug-likeness (QED) is 0.679. The van der Waals surface area contributed by atoms with Crippen molar-refractivity contribution in [2.24, 2.45) is 0 Å². The maximum atomic E-state index is 12.2. The number of amides is 4. The number of hydrogen-bond donors (Lipinski definition) is 3. The summed E-state index contributed by atoms with van der Waals surface area (Å²) in [6.45, 7) is 0.0126. The topological polar surface area (TPSA) is 102 Å². The summed E-state index contributed by atoms with van der Waals surface area (Å²) in [5.74, 6) is -0.934. The fourth-order valence-corrected chi connectivity index (χ4v) is 2.64. The summed E-state index contributed by atoms with van der Waals surface area (Å²) in [5, 5.41) is 14.6. The second-order valence-electron chi connectivity index (χ2n) is 5.22. The van der Waals surface area contributed by atoms with Crippen LogP contribution in [0.25, 0.3) is 0 Å². The number of imide groups is 1. The largest absolute Gasteiger partial charge is 0.395 e. The van der Waals surface area contributed by atoms with Crippen molar-refractivity contribution in [1.82, 2.24) is 10.2 Å². The molecule has 3 N–H and O–H groups in total. The number of urea groups is 1. The minimum absolute atomic E-state index is 0.0367. The third kappa shape index (κ3) is 2.53. The maximum Gasteiger partial charge on any atom is 0.321 e. The molecule has 8 heteroatoms. The van der Waals surface area contributed by atoms with E-state index in [2.05, 4.69) is 10.6 Å². The summed E-state index contributed by atoms with van der Waals surface area (Å²) in [6, 6.07) is 5.16. The van der Waals surface area contributed by atoms with Crippen LogP contribution in [0, 0.1) is 0 Å². The standard InChI is InChI=1S/C15H16N4O4/c1-18-12-4-2-3-10(9(12)8-16-15(18)23)17-11-7-13(21)19(5-6-20)14(11)22/h2-4,7,17,20H,5-6,8H2,1H3,(H,16,23). The average molecular weight is 316 g/mol. The number of carbonyl (C=O) groups is 3. The molecule has 0 fully saturated rings. The highest BCUT2D eigenvalue weighted by Gasteiger charge is 2.31. The lowest BCUT2D eigenvalue weighted by atomic mass is 10.1. The van der Waals surface area contributed by atoms with E-state index in [1.807, 2.05) is 6.07 Å². The Morgan fingerprint density at radius 3 is 2.83 bits per heavy atom. The third-order valence-electron chi connectivity index (χ3n) is 3.84. The van der Waals surface area contributed by atoms with Gasteiger partial charge in [0.05, 0.1) is 18.8 Å². The summed E-state index contributed by atoms with van der Waals surface area (Å²) in [7, 11) is 1.66. The van der Waals surface area contributed by atoms with Crippen LogP contribution in [0.5, 0.6) is 0 Å². The zero-order valence-electron chi connectivity index (χ0n) is 12.5. The van der Waals surface area contributed by atoms with E-state index >= 15 is 0 Å². The number of β-amino-alcohol motifs (C(OH)–C–C–N with tert-alkyl or cyclic N) is 1. The van der Waals surface area contributed by atoms with E-state index in [1.54, 1.807) is 19.2 Å². The number of carbonyl (C=O) groups excluding carboxylic acids is 3. The first-order chi connectivity index (χ1) is 11.0. The van der Waals surface area contributed by atoms with Crippen molar-refractivity contribution >= 4 is 29.2 Å². The maximum absolute atomic E-state index is 12.2. The predicted octanol–water partition coefficient (Wildman–Crippen LogP) is 0.00290. The number of fused-ring (bicyclic) bond motifs is 1. The second kappa shape index (κ2) is 5.73. The minimum Gasteiger partial charge on any atom is -0.395 e. The first-order valence-corrected chi connectivity index (χ1v) is 7.11. The molecule has 0 unspecified atom stereocenters. The highest BCUT2D eigenvalue weighted by Crippen LogP contribution is 2.31. The van der Waals surface area contributed by atoms with E-state index in [9.17, 15) is 14.4 Å². The van der Waals surface area contributed by atoms with Gasteiger partial charge >= 0.3 is 6.03 Å². The molecular formula is C15H16N4O4. The molecule has 120 valence electrons. The van der Waals surface area contributed by atoms with Gasteiger partial charge in [0.1, 0.15) is 5.70 Å². The fourth-order valence-electron chi connectivity index (χ4n) is 2.64. The van der Waals surface area contributed by atoms with Gasteiger partial charge in [0.25, 0.3) is 11.8 Å². The highest BCUT2D eigenvalue weighted by atomic mass is 16.3. The number of benzene rings is 1. The molecule has 0 saturated carbocycles. The smallest absolute Gasteiger partial charge is 0.321 e. The molecule has 1 aromatic rings. The van der Waals surface area contributed by atoms with Gasteiger partial charge in [-0.1, -0.05) is 6.07 Å². The van der Waals surface area contributed by atoms with Gasteiger partial charge < -0.3 is 15.7 Å². The van der Waals surface area contributed by atoms with E-state index in [0.29, 0.717) is 12.2 Å². The lowest BCUT2D eigenvalue weighted by molar-refractivity contribution is -0.137. The summed E-state index contributed by atoms with van der Waals surface area (Å²) in [5.41, 5.74) is 2.36. The first-order valence-electron chi connectivity index (χ1n) is 7.11. The summed E-state index contributed by atoms with van der Waals surface area (Å²) in [6.07, 6.45) is 1.21. The minimum atomic E-state index is -0.477. The van der Waals surface area contributed by atoms with Gasteiger partial charge in [-0.3, -0.25) is 19.4 Å². The van der Waals surface area contributed by atoms with Crippen LogP contribution < -0.4 is 15.5 Å². The van der Waals surface area contributed by atoms with Crippen LogP contribution in [0.1, 0.15) is 5.56 Å². The lowest BCUT2D eigenvalue weighted by Gasteiger charge is -2.28. The molecule has 0 radical (unpaired) electrons. The van der Waals surface area contributed by atoms with Crippen molar-refractivity contribution in [3.63, 3.8) is 0 Å². The molecule has 0 saturated heterocycles. The summed E-state index contributed by atoms with van der Waals surface area (Å²) in [4.78, 5) is 38.1. The first kappa shape index (κ1) is 15.0. The Bertz CT molecular complexity index is 728. The number of aliphatic hydroxyl groups excluding tert-OH is 1. The van der Waals surface area contributed by atoms with E-state index in [-0.39, 0.29) is 24.9 Å². The Balaban J connectivity index is 1.88. The molecule has 2 aliphatic heterocycles. The van der Waals surface area contributed by atoms with Gasteiger partial charge in [0, 0.05) is 30.9 Å². The molecule has 1 aromatic carbocycles. The number of hydrogen-bond acceptors (Lipinski definition) is 5. The normalized spacial score (nSPS) is 17.1. The van der Waals surface area contributed by atoms with Crippen LogP contribution in [0.3, 0.4) is 0 Å². The Labute approximate surface area is 132 Å². The van der Waals surface area contributed by atoms with Gasteiger partial charge in [-0.2, -0.15) is 0 Å². The van der Waals surface area contributed by atoms with Crippen LogP contribution >= 0.6 is 0 Å². The van der Waals surface area contributed by atoms with Crippen LogP contribution in [-0.4, -0.2) is 48.1 Å². The van der Waals surface area contributed by atoms with Crippen molar-refractivity contribution in [3.05, 3.63) is 35.5 Å². The SMILES string of the molecule is CN1C(=O)NCc2c(NC3=CC(=O)N(CCO)C3=O)cccc21. The monoisotopic (exact) mass is 316 g/mol. The van der Waals surface area contributed by atoms with Crippen LogP contribution in [0.4, 0.5) is 16.2 Å². The van der Waals surface area contributed by atoms with E-state index in [0.717, 1.165) is 16.2 Å². The predicted molar refractivity (Wildman–Crippen MR) is 82.6 cm³/mol. The van der Waals surface area contributed by atoms with Crippen molar-refractivity contribution in [1.29, 1.82) is 0 Å². The number of nitrogens with zero attached hydrogens (tertiary/aromatic N) is 2. The molecule has 23 heavy (non-hydrogen) atoms. The van der Waals surface area contributed by atoms with Crippen molar-refractivity contribution in [2.45, 2.75) is 6.54 Å². The van der Waals surface area contributed by atoms with Gasteiger partial charge in [-0.05, 0) is 12.1 Å². The molecule has 3 rings (SSSR count). The van der Waals surface area contributed by atoms with Crippen LogP contribution in [-0.2, 0) is 16.1 Å². The van der Waals surface area contributed by atoms with Gasteiger partial charge in [0.15, 0.2) is 0 Å². The molecule has 2 heterocycles. The fraction of sp³-hybridized carbons (Fsp3) is 0.267. The molecule has 0 aliphatic carbocycles. The molecule has 2 aliphatic rings. The van der Waals surface area contributed by atoms with Crippen molar-refractivity contribution in [2.75, 3.05) is 30.4 Å². The van der Waals surface area contributed by atoms with Crippen LogP contribution in [0.2, 0.25) is 0 Å². The number of rotatable bonds is 4. The van der Waals surface area contributed by atoms with Crippen molar-refractivity contribution < 1.29 is 19.5 Å². The lowest BCUT2D eigenvalue weighted by Crippen LogP contribution is -2.41. The number of nitrogens with one attached hydrogen (secondary N) is 2. The molecule has 0 atom stereocenters. The molecule has 0 spiro atoms. The van der Waals surface area contributed by atoms with Crippen molar-refractivity contribution in [3.8, 4) is 0 Å². The molecule has 4 amide bonds. The van der Waals surface area contributed by atoms with Gasteiger partial charge in [0.2, 0.25) is 0 Å². The van der Waals surface area contributed by atoms with E-state index in [1.165, 1.54) is 11.0 Å². The Hall–Kier alpha value is -2.87.